The number of hydrogen-bond acceptors (Lipinski definition) is 3. The molecule has 0 spiro atoms. The molecule has 0 aromatic rings. The molecule has 0 amide bonds. The number of carbonyl (C=O) groups is 1. The molecule has 1 rings (SSSR count). The molecule has 1 aliphatic heterocycles. The highest BCUT2D eigenvalue weighted by atomic mass is 16.9. The molecule has 1 heterocycles. The first-order valence-electron chi connectivity index (χ1n) is 3.97. The maximum absolute atomic E-state index is 11.1. The summed E-state index contributed by atoms with van der Waals surface area (Å²) in [7, 11) is 0. The molecule has 0 atom stereocenters. The van der Waals surface area contributed by atoms with Crippen LogP contribution in [0.1, 0.15) is 26.2 Å². The average Bonchev–Trinajstić information content (AvgIpc) is 1.85. The predicted octanol–water partition coefficient (Wildman–Crippen LogP) is 0.963. The van der Waals surface area contributed by atoms with Gasteiger partial charge in [0.15, 0.2) is 0 Å². The van der Waals surface area contributed by atoms with Gasteiger partial charge in [-0.1, -0.05) is 6.92 Å². The third-order valence-corrected chi connectivity index (χ3v) is 1.72. The van der Waals surface area contributed by atoms with Crippen LogP contribution in [-0.4, -0.2) is 23.9 Å². The van der Waals surface area contributed by atoms with Crippen LogP contribution in [0.4, 0.5) is 0 Å². The molecule has 1 fully saturated rings. The zero-order valence-corrected chi connectivity index (χ0v) is 6.71. The fraction of sp³-hybridized carbons (Fsp3) is 0.857. The Bertz CT molecular complexity index is 154. The monoisotopic (exact) mass is 159 g/mol. The van der Waals surface area contributed by atoms with Crippen LogP contribution in [0.25, 0.3) is 0 Å². The highest BCUT2D eigenvalue weighted by Crippen LogP contribution is 2.19. The quantitative estimate of drug-likeness (QED) is 0.455. The Morgan fingerprint density at radius 1 is 1.64 bits per heavy atom. The second kappa shape index (κ2) is 3.19. The van der Waals surface area contributed by atoms with Crippen molar-refractivity contribution in [2.24, 2.45) is 0 Å². The largest absolute Gasteiger partial charge is 0.589 e. The maximum Gasteiger partial charge on any atom is 0.367 e. The molecular formula is C7H13NO3. The summed E-state index contributed by atoms with van der Waals surface area (Å²) in [5.41, 5.74) is 0. The molecule has 1 saturated heterocycles. The van der Waals surface area contributed by atoms with E-state index in [4.69, 9.17) is 0 Å². The summed E-state index contributed by atoms with van der Waals surface area (Å²) >= 11 is 0. The first-order chi connectivity index (χ1) is 5.16. The Morgan fingerprint density at radius 3 is 2.64 bits per heavy atom. The fourth-order valence-corrected chi connectivity index (χ4v) is 0.943. The van der Waals surface area contributed by atoms with Gasteiger partial charge in [0, 0.05) is 0 Å². The van der Waals surface area contributed by atoms with Crippen LogP contribution in [0.2, 0.25) is 0 Å². The van der Waals surface area contributed by atoms with Crippen molar-refractivity contribution in [2.45, 2.75) is 26.2 Å². The minimum Gasteiger partial charge on any atom is -0.589 e. The normalized spacial score (nSPS) is 20.5. The Kier molecular flexibility index (Phi) is 2.46. The molecular weight excluding hydrogens is 146 g/mol. The summed E-state index contributed by atoms with van der Waals surface area (Å²) < 4.78 is 0. The first kappa shape index (κ1) is 8.49. The molecule has 0 aliphatic carbocycles. The Balaban J connectivity index is 2.23. The third kappa shape index (κ3) is 2.17. The van der Waals surface area contributed by atoms with E-state index >= 15 is 0 Å². The average molecular weight is 159 g/mol. The van der Waals surface area contributed by atoms with Gasteiger partial charge in [-0.25, -0.2) is 4.79 Å². The molecule has 4 nitrogen and oxygen atoms in total. The summed E-state index contributed by atoms with van der Waals surface area (Å²) in [6.07, 6.45) is 1.95. The van der Waals surface area contributed by atoms with E-state index < -0.39 is 4.81 Å². The molecule has 1 aliphatic rings. The molecule has 0 radical (unpaired) electrons. The Morgan fingerprint density at radius 2 is 2.27 bits per heavy atom. The SMILES string of the molecule is CCCC(=O)O[N+]1([O-])CCC1. The van der Waals surface area contributed by atoms with Crippen molar-refractivity contribution in [3.05, 3.63) is 5.21 Å². The van der Waals surface area contributed by atoms with E-state index in [1.54, 1.807) is 0 Å². The summed E-state index contributed by atoms with van der Waals surface area (Å²) in [5.74, 6) is -0.373. The van der Waals surface area contributed by atoms with Gasteiger partial charge in [0.25, 0.3) is 0 Å². The molecule has 0 unspecified atom stereocenters. The van der Waals surface area contributed by atoms with Crippen molar-refractivity contribution < 1.29 is 14.4 Å². The lowest BCUT2D eigenvalue weighted by atomic mass is 10.3. The van der Waals surface area contributed by atoms with Gasteiger partial charge in [0.2, 0.25) is 0 Å². The highest BCUT2D eigenvalue weighted by molar-refractivity contribution is 5.68. The topological polar surface area (TPSA) is 49.4 Å². The van der Waals surface area contributed by atoms with E-state index in [0.29, 0.717) is 19.5 Å². The fourth-order valence-electron chi connectivity index (χ4n) is 0.943. The minimum atomic E-state index is -0.751. The van der Waals surface area contributed by atoms with E-state index in [9.17, 15) is 10.0 Å². The Labute approximate surface area is 65.9 Å². The predicted molar refractivity (Wildman–Crippen MR) is 39.0 cm³/mol. The van der Waals surface area contributed by atoms with Crippen molar-refractivity contribution in [1.82, 2.24) is 0 Å². The van der Waals surface area contributed by atoms with Crippen molar-refractivity contribution >= 4 is 5.97 Å². The zero-order chi connectivity index (χ0) is 8.32. The van der Waals surface area contributed by atoms with Gasteiger partial charge in [-0.05, 0) is 6.42 Å². The van der Waals surface area contributed by atoms with Crippen LogP contribution in [0.3, 0.4) is 0 Å². The van der Waals surface area contributed by atoms with Crippen molar-refractivity contribution in [2.75, 3.05) is 13.1 Å². The molecule has 11 heavy (non-hydrogen) atoms. The molecule has 0 bridgehead atoms. The van der Waals surface area contributed by atoms with E-state index in [2.05, 4.69) is 4.84 Å². The summed E-state index contributed by atoms with van der Waals surface area (Å²) in [6, 6.07) is 0. The van der Waals surface area contributed by atoms with Crippen LogP contribution >= 0.6 is 0 Å². The van der Waals surface area contributed by atoms with Crippen molar-refractivity contribution in [1.29, 1.82) is 0 Å². The number of hydroxylamine groups is 4. The molecule has 64 valence electrons. The minimum absolute atomic E-state index is 0.349. The lowest BCUT2D eigenvalue weighted by Crippen LogP contribution is -2.53. The van der Waals surface area contributed by atoms with Gasteiger partial charge in [-0.15, -0.1) is 0 Å². The summed E-state index contributed by atoms with van der Waals surface area (Å²) in [4.78, 5) is 14.7. The second-order valence-electron chi connectivity index (χ2n) is 2.83. The molecule has 0 saturated carbocycles. The Hall–Kier alpha value is -0.610. The number of hydrogen-bond donors (Lipinski definition) is 0. The number of nitrogens with zero attached hydrogens (tertiary/aromatic N) is 1. The van der Waals surface area contributed by atoms with Gasteiger partial charge in [-0.2, -0.15) is 4.81 Å². The van der Waals surface area contributed by atoms with E-state index in [1.807, 2.05) is 6.92 Å². The lowest BCUT2D eigenvalue weighted by molar-refractivity contribution is -1.08. The van der Waals surface area contributed by atoms with Crippen LogP contribution in [0.15, 0.2) is 0 Å². The number of carbonyl (C=O) groups excluding carboxylic acids is 1. The van der Waals surface area contributed by atoms with Crippen molar-refractivity contribution in [3.63, 3.8) is 0 Å². The third-order valence-electron chi connectivity index (χ3n) is 1.72. The molecule has 4 heteroatoms. The van der Waals surface area contributed by atoms with E-state index in [1.165, 1.54) is 0 Å². The molecule has 0 aromatic carbocycles. The lowest BCUT2D eigenvalue weighted by Gasteiger charge is -2.44. The maximum atomic E-state index is 11.1. The molecule has 0 N–H and O–H groups in total. The van der Waals surface area contributed by atoms with Gasteiger partial charge >= 0.3 is 5.97 Å². The van der Waals surface area contributed by atoms with Crippen molar-refractivity contribution in [3.8, 4) is 0 Å². The summed E-state index contributed by atoms with van der Waals surface area (Å²) in [6.45, 7) is 2.73. The van der Waals surface area contributed by atoms with E-state index in [-0.39, 0.29) is 5.97 Å². The van der Waals surface area contributed by atoms with Crippen LogP contribution in [0, 0.1) is 5.21 Å². The second-order valence-corrected chi connectivity index (χ2v) is 2.83. The first-order valence-corrected chi connectivity index (χ1v) is 3.97. The van der Waals surface area contributed by atoms with Gasteiger partial charge in [-0.3, -0.25) is 4.84 Å². The van der Waals surface area contributed by atoms with Crippen LogP contribution < -0.4 is 0 Å². The molecule has 0 aromatic heterocycles. The standard InChI is InChI=1S/C7H13NO3/c1-2-4-7(9)11-8(10)5-3-6-8/h2-6H2,1H3. The van der Waals surface area contributed by atoms with Gasteiger partial charge < -0.3 is 5.21 Å². The smallest absolute Gasteiger partial charge is 0.367 e. The summed E-state index contributed by atoms with van der Waals surface area (Å²) in [5, 5.41) is 11.1. The van der Waals surface area contributed by atoms with Gasteiger partial charge in [0.1, 0.15) is 13.1 Å². The highest BCUT2D eigenvalue weighted by Gasteiger charge is 2.31. The number of quaternary nitrogens is 1. The number of rotatable bonds is 3. The van der Waals surface area contributed by atoms with Crippen LogP contribution in [-0.2, 0) is 9.63 Å². The van der Waals surface area contributed by atoms with E-state index in [0.717, 1.165) is 12.8 Å². The van der Waals surface area contributed by atoms with Gasteiger partial charge in [0.05, 0.1) is 12.8 Å². The van der Waals surface area contributed by atoms with Crippen LogP contribution in [0.5, 0.6) is 0 Å². The zero-order valence-electron chi connectivity index (χ0n) is 6.71.